The van der Waals surface area contributed by atoms with E-state index in [1.807, 2.05) is 30.3 Å². The summed E-state index contributed by atoms with van der Waals surface area (Å²) in [6, 6.07) is 4.87. The largest absolute Gasteiger partial charge is 0.370 e. The van der Waals surface area contributed by atoms with Crippen molar-refractivity contribution in [3.63, 3.8) is 0 Å². The number of nitrogens with zero attached hydrogens (tertiary/aromatic N) is 3. The molecule has 0 aliphatic carbocycles. The second kappa shape index (κ2) is 6.39. The molecule has 1 aliphatic heterocycles. The van der Waals surface area contributed by atoms with Crippen molar-refractivity contribution in [2.24, 2.45) is 16.6 Å². The summed E-state index contributed by atoms with van der Waals surface area (Å²) in [5.74, 6) is 1.19. The summed E-state index contributed by atoms with van der Waals surface area (Å²) in [6.07, 6.45) is 2.48. The van der Waals surface area contributed by atoms with E-state index in [4.69, 9.17) is 5.73 Å². The highest BCUT2D eigenvalue weighted by atomic mass is 32.1. The topological polar surface area (TPSA) is 44.9 Å². The monoisotopic (exact) mass is 280 g/mol. The summed E-state index contributed by atoms with van der Waals surface area (Å²) in [7, 11) is 6.08. The standard InChI is InChI=1S/C14H24N4S/c1-17(2)14(15)16-10-11-6-4-8-18(3)13(11)12-7-5-9-19-12/h5,7,9,11,13H,4,6,8,10H2,1-3H3,(H2,15,16). The van der Waals surface area contributed by atoms with Crippen molar-refractivity contribution in [2.75, 3.05) is 34.2 Å². The predicted molar refractivity (Wildman–Crippen MR) is 82.6 cm³/mol. The van der Waals surface area contributed by atoms with Crippen LogP contribution in [0.2, 0.25) is 0 Å². The fourth-order valence-corrected chi connectivity index (χ4v) is 3.70. The Hall–Kier alpha value is -1.07. The van der Waals surface area contributed by atoms with Gasteiger partial charge in [0, 0.05) is 31.6 Å². The molecule has 2 N–H and O–H groups in total. The summed E-state index contributed by atoms with van der Waals surface area (Å²) in [5, 5.41) is 2.16. The Kier molecular flexibility index (Phi) is 4.82. The van der Waals surface area contributed by atoms with Gasteiger partial charge in [0.05, 0.1) is 0 Å². The molecule has 1 fully saturated rings. The molecule has 2 rings (SSSR count). The molecule has 1 aromatic rings. The highest BCUT2D eigenvalue weighted by Crippen LogP contribution is 2.37. The lowest BCUT2D eigenvalue weighted by Gasteiger charge is -2.38. The molecule has 0 radical (unpaired) electrons. The lowest BCUT2D eigenvalue weighted by molar-refractivity contribution is 0.128. The number of nitrogens with two attached hydrogens (primary N) is 1. The summed E-state index contributed by atoms with van der Waals surface area (Å²) in [4.78, 5) is 10.3. The Balaban J connectivity index is 2.10. The normalized spacial score (nSPS) is 25.5. The first-order chi connectivity index (χ1) is 9.09. The fraction of sp³-hybridized carbons (Fsp3) is 0.643. The van der Waals surface area contributed by atoms with E-state index in [1.165, 1.54) is 24.3 Å². The van der Waals surface area contributed by atoms with Gasteiger partial charge in [-0.15, -0.1) is 11.3 Å². The van der Waals surface area contributed by atoms with Crippen molar-refractivity contribution in [1.29, 1.82) is 0 Å². The van der Waals surface area contributed by atoms with Crippen molar-refractivity contribution in [3.8, 4) is 0 Å². The molecule has 5 heteroatoms. The molecule has 0 spiro atoms. The lowest BCUT2D eigenvalue weighted by Crippen LogP contribution is -2.38. The van der Waals surface area contributed by atoms with E-state index >= 15 is 0 Å². The van der Waals surface area contributed by atoms with Gasteiger partial charge >= 0.3 is 0 Å². The van der Waals surface area contributed by atoms with Crippen molar-refractivity contribution in [2.45, 2.75) is 18.9 Å². The first-order valence-electron chi connectivity index (χ1n) is 6.80. The van der Waals surface area contributed by atoms with E-state index < -0.39 is 0 Å². The van der Waals surface area contributed by atoms with Crippen molar-refractivity contribution < 1.29 is 0 Å². The number of guanidine groups is 1. The van der Waals surface area contributed by atoms with Crippen LogP contribution in [0.1, 0.15) is 23.8 Å². The zero-order valence-electron chi connectivity index (χ0n) is 12.0. The maximum Gasteiger partial charge on any atom is 0.190 e. The Labute approximate surface area is 119 Å². The van der Waals surface area contributed by atoms with Crippen molar-refractivity contribution in [3.05, 3.63) is 22.4 Å². The van der Waals surface area contributed by atoms with Gasteiger partial charge in [0.15, 0.2) is 5.96 Å². The molecule has 0 amide bonds. The van der Waals surface area contributed by atoms with Gasteiger partial charge < -0.3 is 10.6 Å². The molecule has 2 heterocycles. The quantitative estimate of drug-likeness (QED) is 0.680. The van der Waals surface area contributed by atoms with E-state index in [9.17, 15) is 0 Å². The van der Waals surface area contributed by atoms with Crippen LogP contribution in [0.5, 0.6) is 0 Å². The minimum atomic E-state index is 0.493. The molecule has 106 valence electrons. The second-order valence-corrected chi connectivity index (χ2v) is 6.42. The number of likely N-dealkylation sites (tertiary alicyclic amines) is 1. The van der Waals surface area contributed by atoms with E-state index in [0.717, 1.165) is 6.54 Å². The van der Waals surface area contributed by atoms with Gasteiger partial charge in [0.25, 0.3) is 0 Å². The minimum absolute atomic E-state index is 0.493. The first kappa shape index (κ1) is 14.3. The Morgan fingerprint density at radius 2 is 2.37 bits per heavy atom. The van der Waals surface area contributed by atoms with E-state index in [2.05, 4.69) is 34.5 Å². The fourth-order valence-electron chi connectivity index (χ4n) is 2.71. The molecule has 0 bridgehead atoms. The van der Waals surface area contributed by atoms with E-state index in [0.29, 0.717) is 17.9 Å². The van der Waals surface area contributed by atoms with Crippen LogP contribution in [-0.2, 0) is 0 Å². The second-order valence-electron chi connectivity index (χ2n) is 5.44. The van der Waals surface area contributed by atoms with Gasteiger partial charge in [-0.25, -0.2) is 0 Å². The number of aliphatic imine (C=N–C) groups is 1. The zero-order chi connectivity index (χ0) is 13.8. The number of hydrogen-bond donors (Lipinski definition) is 1. The van der Waals surface area contributed by atoms with Gasteiger partial charge in [-0.1, -0.05) is 6.07 Å². The van der Waals surface area contributed by atoms with E-state index in [1.54, 1.807) is 0 Å². The summed E-state index contributed by atoms with van der Waals surface area (Å²) in [6.45, 7) is 1.99. The molecular formula is C14H24N4S. The van der Waals surface area contributed by atoms with Crippen LogP contribution in [0.3, 0.4) is 0 Å². The molecular weight excluding hydrogens is 256 g/mol. The molecule has 1 aromatic heterocycles. The molecule has 1 saturated heterocycles. The Bertz CT molecular complexity index is 413. The zero-order valence-corrected chi connectivity index (χ0v) is 12.9. The van der Waals surface area contributed by atoms with Crippen molar-refractivity contribution in [1.82, 2.24) is 9.80 Å². The average molecular weight is 280 g/mol. The highest BCUT2D eigenvalue weighted by Gasteiger charge is 2.30. The molecule has 1 aliphatic rings. The number of piperidine rings is 1. The lowest BCUT2D eigenvalue weighted by atomic mass is 9.88. The molecule has 0 aromatic carbocycles. The smallest absolute Gasteiger partial charge is 0.190 e. The van der Waals surface area contributed by atoms with Crippen molar-refractivity contribution >= 4 is 17.3 Å². The highest BCUT2D eigenvalue weighted by molar-refractivity contribution is 7.10. The third-order valence-corrected chi connectivity index (χ3v) is 4.73. The van der Waals surface area contributed by atoms with Gasteiger partial charge in [0.2, 0.25) is 0 Å². The maximum absolute atomic E-state index is 5.90. The number of rotatable bonds is 3. The minimum Gasteiger partial charge on any atom is -0.370 e. The maximum atomic E-state index is 5.90. The number of thiophene rings is 1. The van der Waals surface area contributed by atoms with Crippen LogP contribution in [-0.4, -0.2) is 50.0 Å². The van der Waals surface area contributed by atoms with Crippen LogP contribution >= 0.6 is 11.3 Å². The first-order valence-corrected chi connectivity index (χ1v) is 7.68. The van der Waals surface area contributed by atoms with Gasteiger partial charge in [-0.05, 0) is 43.8 Å². The number of hydrogen-bond acceptors (Lipinski definition) is 3. The van der Waals surface area contributed by atoms with E-state index in [-0.39, 0.29) is 0 Å². The van der Waals surface area contributed by atoms with Crippen LogP contribution in [0, 0.1) is 5.92 Å². The Morgan fingerprint density at radius 3 is 3.00 bits per heavy atom. The average Bonchev–Trinajstić information content (AvgIpc) is 2.89. The van der Waals surface area contributed by atoms with Gasteiger partial charge in [0.1, 0.15) is 0 Å². The molecule has 0 saturated carbocycles. The van der Waals surface area contributed by atoms with Crippen LogP contribution < -0.4 is 5.73 Å². The van der Waals surface area contributed by atoms with Crippen LogP contribution in [0.15, 0.2) is 22.5 Å². The molecule has 4 nitrogen and oxygen atoms in total. The molecule has 19 heavy (non-hydrogen) atoms. The molecule has 2 unspecified atom stereocenters. The molecule has 2 atom stereocenters. The predicted octanol–water partition coefficient (Wildman–Crippen LogP) is 2.01. The summed E-state index contributed by atoms with van der Waals surface area (Å²) < 4.78 is 0. The third-order valence-electron chi connectivity index (χ3n) is 3.79. The SMILES string of the molecule is CN(C)C(N)=NCC1CCCN(C)C1c1cccs1. The van der Waals surface area contributed by atoms with Crippen LogP contribution in [0.25, 0.3) is 0 Å². The Morgan fingerprint density at radius 1 is 1.58 bits per heavy atom. The van der Waals surface area contributed by atoms with Gasteiger partial charge in [-0.3, -0.25) is 9.89 Å². The summed E-state index contributed by atoms with van der Waals surface area (Å²) >= 11 is 1.85. The third kappa shape index (κ3) is 3.48. The van der Waals surface area contributed by atoms with Crippen LogP contribution in [0.4, 0.5) is 0 Å². The summed E-state index contributed by atoms with van der Waals surface area (Å²) in [5.41, 5.74) is 5.90. The van der Waals surface area contributed by atoms with Gasteiger partial charge in [-0.2, -0.15) is 0 Å².